The number of rotatable bonds is 6. The van der Waals surface area contributed by atoms with Gasteiger partial charge in [0.15, 0.2) is 0 Å². The van der Waals surface area contributed by atoms with Crippen LogP contribution in [0.4, 0.5) is 0 Å². The Labute approximate surface area is 138 Å². The zero-order chi connectivity index (χ0) is 16.2. The van der Waals surface area contributed by atoms with Gasteiger partial charge in [-0.15, -0.1) is 0 Å². The standard InChI is InChI=1S/C19H24ClNO/c1-15(21(3)4)14-22-19(2,16-8-6-5-7-9-16)17-10-12-18(20)13-11-17/h5-13,15H,14H2,1-4H3. The molecule has 0 saturated heterocycles. The molecular formula is C19H24ClNO. The van der Waals surface area contributed by atoms with E-state index in [-0.39, 0.29) is 0 Å². The molecule has 0 heterocycles. The summed E-state index contributed by atoms with van der Waals surface area (Å²) >= 11 is 6.03. The molecule has 0 amide bonds. The second-order valence-electron chi connectivity index (χ2n) is 6.03. The second kappa shape index (κ2) is 7.28. The molecule has 0 radical (unpaired) electrons. The predicted octanol–water partition coefficient (Wildman–Crippen LogP) is 4.57. The summed E-state index contributed by atoms with van der Waals surface area (Å²) in [6.07, 6.45) is 0. The zero-order valence-corrected chi connectivity index (χ0v) is 14.5. The minimum Gasteiger partial charge on any atom is -0.364 e. The van der Waals surface area contributed by atoms with E-state index in [1.165, 1.54) is 0 Å². The smallest absolute Gasteiger partial charge is 0.115 e. The van der Waals surface area contributed by atoms with Crippen molar-refractivity contribution >= 4 is 11.6 Å². The van der Waals surface area contributed by atoms with Gasteiger partial charge in [-0.25, -0.2) is 0 Å². The molecule has 2 unspecified atom stereocenters. The highest BCUT2D eigenvalue weighted by atomic mass is 35.5. The molecule has 0 aliphatic carbocycles. The fraction of sp³-hybridized carbons (Fsp3) is 0.368. The highest BCUT2D eigenvalue weighted by molar-refractivity contribution is 6.30. The van der Waals surface area contributed by atoms with Crippen LogP contribution in [0.2, 0.25) is 5.02 Å². The van der Waals surface area contributed by atoms with Crippen molar-refractivity contribution in [1.29, 1.82) is 0 Å². The third-order valence-electron chi connectivity index (χ3n) is 4.21. The highest BCUT2D eigenvalue weighted by Gasteiger charge is 2.30. The Bertz CT molecular complexity index is 582. The SMILES string of the molecule is CC(COC(C)(c1ccccc1)c1ccc(Cl)cc1)N(C)C. The highest BCUT2D eigenvalue weighted by Crippen LogP contribution is 2.34. The topological polar surface area (TPSA) is 12.5 Å². The van der Waals surface area contributed by atoms with Crippen molar-refractivity contribution in [1.82, 2.24) is 4.90 Å². The number of halogens is 1. The molecule has 2 nitrogen and oxygen atoms in total. The van der Waals surface area contributed by atoms with Gasteiger partial charge in [0.25, 0.3) is 0 Å². The summed E-state index contributed by atoms with van der Waals surface area (Å²) in [5.41, 5.74) is 1.76. The fourth-order valence-electron chi connectivity index (χ4n) is 2.29. The summed E-state index contributed by atoms with van der Waals surface area (Å²) < 4.78 is 6.38. The van der Waals surface area contributed by atoms with Crippen LogP contribution in [-0.2, 0) is 10.3 Å². The molecule has 22 heavy (non-hydrogen) atoms. The van der Waals surface area contributed by atoms with E-state index >= 15 is 0 Å². The van der Waals surface area contributed by atoms with Crippen molar-refractivity contribution in [3.63, 3.8) is 0 Å². The first-order valence-electron chi connectivity index (χ1n) is 7.55. The van der Waals surface area contributed by atoms with Gasteiger partial charge in [0.1, 0.15) is 5.60 Å². The van der Waals surface area contributed by atoms with E-state index in [2.05, 4.69) is 45.0 Å². The van der Waals surface area contributed by atoms with Gasteiger partial charge in [-0.05, 0) is 51.2 Å². The number of benzene rings is 2. The molecule has 0 saturated carbocycles. The van der Waals surface area contributed by atoms with Crippen molar-refractivity contribution in [3.05, 3.63) is 70.7 Å². The maximum atomic E-state index is 6.38. The van der Waals surface area contributed by atoms with Crippen LogP contribution in [0.5, 0.6) is 0 Å². The van der Waals surface area contributed by atoms with E-state index in [1.54, 1.807) is 0 Å². The largest absolute Gasteiger partial charge is 0.364 e. The third-order valence-corrected chi connectivity index (χ3v) is 4.47. The van der Waals surface area contributed by atoms with Crippen molar-refractivity contribution in [2.75, 3.05) is 20.7 Å². The minimum atomic E-state index is -0.490. The lowest BCUT2D eigenvalue weighted by Crippen LogP contribution is -2.35. The number of ether oxygens (including phenoxy) is 1. The number of nitrogens with zero attached hydrogens (tertiary/aromatic N) is 1. The molecule has 0 aliphatic heterocycles. The summed E-state index contributed by atoms with van der Waals surface area (Å²) in [6, 6.07) is 18.6. The van der Waals surface area contributed by atoms with Crippen LogP contribution in [0.15, 0.2) is 54.6 Å². The normalized spacial score (nSPS) is 15.5. The lowest BCUT2D eigenvalue weighted by atomic mass is 9.88. The molecular weight excluding hydrogens is 294 g/mol. The Hall–Kier alpha value is -1.35. The van der Waals surface area contributed by atoms with Crippen molar-refractivity contribution in [2.24, 2.45) is 0 Å². The average Bonchev–Trinajstić information content (AvgIpc) is 2.53. The van der Waals surface area contributed by atoms with Gasteiger partial charge in [0, 0.05) is 11.1 Å². The molecule has 0 aliphatic rings. The summed E-state index contributed by atoms with van der Waals surface area (Å²) in [4.78, 5) is 2.16. The van der Waals surface area contributed by atoms with Crippen molar-refractivity contribution in [2.45, 2.75) is 25.5 Å². The van der Waals surface area contributed by atoms with E-state index in [4.69, 9.17) is 16.3 Å². The second-order valence-corrected chi connectivity index (χ2v) is 6.47. The quantitative estimate of drug-likeness (QED) is 0.773. The lowest BCUT2D eigenvalue weighted by molar-refractivity contribution is -0.0265. The van der Waals surface area contributed by atoms with E-state index in [9.17, 15) is 0 Å². The minimum absolute atomic E-state index is 0.343. The number of hydrogen-bond acceptors (Lipinski definition) is 2. The van der Waals surface area contributed by atoms with E-state index in [1.807, 2.05) is 42.5 Å². The van der Waals surface area contributed by atoms with E-state index in [0.29, 0.717) is 12.6 Å². The van der Waals surface area contributed by atoms with Crippen molar-refractivity contribution < 1.29 is 4.74 Å². The molecule has 0 aromatic heterocycles. The van der Waals surface area contributed by atoms with Crippen molar-refractivity contribution in [3.8, 4) is 0 Å². The Kier molecular flexibility index (Phi) is 5.63. The van der Waals surface area contributed by atoms with Gasteiger partial charge in [-0.1, -0.05) is 54.1 Å². The zero-order valence-electron chi connectivity index (χ0n) is 13.7. The van der Waals surface area contributed by atoms with Gasteiger partial charge in [-0.2, -0.15) is 0 Å². The molecule has 2 aromatic carbocycles. The monoisotopic (exact) mass is 317 g/mol. The summed E-state index contributed by atoms with van der Waals surface area (Å²) in [5, 5.41) is 0.737. The first kappa shape index (κ1) is 17.0. The molecule has 2 atom stereocenters. The first-order chi connectivity index (χ1) is 10.4. The Morgan fingerprint density at radius 2 is 1.55 bits per heavy atom. The van der Waals surface area contributed by atoms with Crippen LogP contribution in [0.25, 0.3) is 0 Å². The molecule has 2 rings (SSSR count). The fourth-order valence-corrected chi connectivity index (χ4v) is 2.42. The summed E-state index contributed by atoms with van der Waals surface area (Å²) in [6.45, 7) is 4.93. The Morgan fingerprint density at radius 1 is 1.00 bits per heavy atom. The number of hydrogen-bond donors (Lipinski definition) is 0. The molecule has 0 bridgehead atoms. The van der Waals surface area contributed by atoms with Crippen LogP contribution in [-0.4, -0.2) is 31.6 Å². The summed E-state index contributed by atoms with van der Waals surface area (Å²) in [5.74, 6) is 0. The van der Waals surface area contributed by atoms with Crippen LogP contribution < -0.4 is 0 Å². The van der Waals surface area contributed by atoms with Gasteiger partial charge in [-0.3, -0.25) is 0 Å². The average molecular weight is 318 g/mol. The predicted molar refractivity (Wildman–Crippen MR) is 93.4 cm³/mol. The lowest BCUT2D eigenvalue weighted by Gasteiger charge is -2.33. The molecule has 0 spiro atoms. The van der Waals surface area contributed by atoms with Gasteiger partial charge in [0.05, 0.1) is 6.61 Å². The summed E-state index contributed by atoms with van der Waals surface area (Å²) in [7, 11) is 4.13. The van der Waals surface area contributed by atoms with E-state index < -0.39 is 5.60 Å². The first-order valence-corrected chi connectivity index (χ1v) is 7.93. The maximum absolute atomic E-state index is 6.38. The van der Waals surface area contributed by atoms with E-state index in [0.717, 1.165) is 16.1 Å². The van der Waals surface area contributed by atoms with Crippen LogP contribution in [0, 0.1) is 0 Å². The Morgan fingerprint density at radius 3 is 2.09 bits per heavy atom. The third kappa shape index (κ3) is 3.89. The van der Waals surface area contributed by atoms with Crippen LogP contribution in [0.1, 0.15) is 25.0 Å². The molecule has 2 aromatic rings. The van der Waals surface area contributed by atoms with Gasteiger partial charge < -0.3 is 9.64 Å². The number of likely N-dealkylation sites (N-methyl/N-ethyl adjacent to an activating group) is 1. The van der Waals surface area contributed by atoms with Gasteiger partial charge in [0.2, 0.25) is 0 Å². The molecule has 0 fully saturated rings. The van der Waals surface area contributed by atoms with Gasteiger partial charge >= 0.3 is 0 Å². The molecule has 0 N–H and O–H groups in total. The maximum Gasteiger partial charge on any atom is 0.115 e. The van der Waals surface area contributed by atoms with Crippen LogP contribution in [0.3, 0.4) is 0 Å². The Balaban J connectivity index is 2.34. The van der Waals surface area contributed by atoms with Crippen LogP contribution >= 0.6 is 11.6 Å². The molecule has 3 heteroatoms. The molecule has 118 valence electrons.